The van der Waals surface area contributed by atoms with E-state index in [0.29, 0.717) is 18.9 Å². The number of amides is 2. The Bertz CT molecular complexity index is 514. The molecule has 1 aromatic carbocycles. The molecular weight excluding hydrogens is 280 g/mol. The molecule has 0 aromatic heterocycles. The van der Waals surface area contributed by atoms with Crippen LogP contribution in [-0.2, 0) is 0 Å². The van der Waals surface area contributed by atoms with Crippen LogP contribution in [0.5, 0.6) is 5.75 Å². The number of hydrogen-bond donors (Lipinski definition) is 3. The van der Waals surface area contributed by atoms with Gasteiger partial charge < -0.3 is 20.5 Å². The third-order valence-electron chi connectivity index (χ3n) is 3.90. The minimum absolute atomic E-state index is 0.142. The van der Waals surface area contributed by atoms with Gasteiger partial charge in [-0.25, -0.2) is 4.79 Å². The van der Waals surface area contributed by atoms with Crippen LogP contribution in [0, 0.1) is 5.92 Å². The van der Waals surface area contributed by atoms with Crippen LogP contribution in [0.2, 0.25) is 0 Å². The lowest BCUT2D eigenvalue weighted by Gasteiger charge is -2.25. The van der Waals surface area contributed by atoms with Crippen LogP contribution in [0.4, 0.5) is 4.79 Å². The highest BCUT2D eigenvalue weighted by atomic mass is 16.5. The maximum Gasteiger partial charge on any atom is 0.315 e. The quantitative estimate of drug-likeness (QED) is 0.756. The van der Waals surface area contributed by atoms with Gasteiger partial charge in [-0.15, -0.1) is 0 Å². The Labute approximate surface area is 132 Å². The standard InChI is InChI=1S/C17H26N2O3/c1-12(2)8-9-17(3,21)11-18-16(20)19-14-10-22-15-7-5-4-6-13(14)15/h4-7,12,14,21H,8-11H2,1-3H3,(H2,18,19,20). The van der Waals surface area contributed by atoms with Gasteiger partial charge in [-0.3, -0.25) is 0 Å². The summed E-state index contributed by atoms with van der Waals surface area (Å²) in [6.07, 6.45) is 1.60. The highest BCUT2D eigenvalue weighted by Gasteiger charge is 2.26. The molecule has 0 saturated heterocycles. The lowest BCUT2D eigenvalue weighted by molar-refractivity contribution is 0.0475. The highest BCUT2D eigenvalue weighted by molar-refractivity contribution is 5.74. The largest absolute Gasteiger partial charge is 0.491 e. The molecule has 1 aromatic rings. The van der Waals surface area contributed by atoms with Crippen LogP contribution in [0.15, 0.2) is 24.3 Å². The van der Waals surface area contributed by atoms with Gasteiger partial charge in [0.25, 0.3) is 0 Å². The van der Waals surface area contributed by atoms with Crippen LogP contribution >= 0.6 is 0 Å². The van der Waals surface area contributed by atoms with Crippen molar-refractivity contribution in [2.24, 2.45) is 5.92 Å². The minimum atomic E-state index is -0.883. The van der Waals surface area contributed by atoms with Gasteiger partial charge in [0, 0.05) is 12.1 Å². The van der Waals surface area contributed by atoms with Gasteiger partial charge in [-0.2, -0.15) is 0 Å². The van der Waals surface area contributed by atoms with Crippen molar-refractivity contribution in [3.8, 4) is 5.75 Å². The number of aliphatic hydroxyl groups is 1. The van der Waals surface area contributed by atoms with E-state index in [-0.39, 0.29) is 18.6 Å². The van der Waals surface area contributed by atoms with E-state index in [4.69, 9.17) is 4.74 Å². The van der Waals surface area contributed by atoms with E-state index in [9.17, 15) is 9.90 Å². The van der Waals surface area contributed by atoms with Gasteiger partial charge in [-0.05, 0) is 31.7 Å². The van der Waals surface area contributed by atoms with E-state index >= 15 is 0 Å². The van der Waals surface area contributed by atoms with Crippen LogP contribution < -0.4 is 15.4 Å². The van der Waals surface area contributed by atoms with Crippen molar-refractivity contribution < 1.29 is 14.6 Å². The number of rotatable bonds is 6. The molecule has 2 atom stereocenters. The van der Waals surface area contributed by atoms with E-state index in [1.54, 1.807) is 6.92 Å². The Morgan fingerprint density at radius 1 is 1.45 bits per heavy atom. The number of ether oxygens (including phenoxy) is 1. The number of fused-ring (bicyclic) bond motifs is 1. The minimum Gasteiger partial charge on any atom is -0.491 e. The Morgan fingerprint density at radius 2 is 2.18 bits per heavy atom. The first-order chi connectivity index (χ1) is 10.4. The van der Waals surface area contributed by atoms with E-state index in [1.165, 1.54) is 0 Å². The third kappa shape index (κ3) is 4.63. The molecule has 122 valence electrons. The van der Waals surface area contributed by atoms with Crippen molar-refractivity contribution in [3.63, 3.8) is 0 Å². The molecular formula is C17H26N2O3. The van der Waals surface area contributed by atoms with E-state index in [1.807, 2.05) is 24.3 Å². The highest BCUT2D eigenvalue weighted by Crippen LogP contribution is 2.31. The molecule has 2 amide bonds. The Balaban J connectivity index is 1.79. The average Bonchev–Trinajstić information content (AvgIpc) is 2.87. The fourth-order valence-corrected chi connectivity index (χ4v) is 2.45. The first kappa shape index (κ1) is 16.6. The molecule has 2 rings (SSSR count). The summed E-state index contributed by atoms with van der Waals surface area (Å²) in [6, 6.07) is 7.26. The molecule has 0 aliphatic carbocycles. The van der Waals surface area contributed by atoms with E-state index in [0.717, 1.165) is 17.7 Å². The second-order valence-electron chi connectivity index (χ2n) is 6.66. The zero-order valence-electron chi connectivity index (χ0n) is 13.6. The summed E-state index contributed by atoms with van der Waals surface area (Å²) >= 11 is 0. The Morgan fingerprint density at radius 3 is 2.91 bits per heavy atom. The Hall–Kier alpha value is -1.75. The SMILES string of the molecule is CC(C)CCC(C)(O)CNC(=O)NC1COc2ccccc21. The smallest absolute Gasteiger partial charge is 0.315 e. The van der Waals surface area contributed by atoms with Crippen LogP contribution in [0.1, 0.15) is 45.2 Å². The molecule has 2 unspecified atom stereocenters. The van der Waals surface area contributed by atoms with Crippen molar-refractivity contribution >= 4 is 6.03 Å². The van der Waals surface area contributed by atoms with Crippen molar-refractivity contribution in [2.75, 3.05) is 13.2 Å². The number of hydrogen-bond acceptors (Lipinski definition) is 3. The summed E-state index contributed by atoms with van der Waals surface area (Å²) in [6.45, 7) is 6.67. The van der Waals surface area contributed by atoms with Gasteiger partial charge in [-0.1, -0.05) is 32.0 Å². The van der Waals surface area contributed by atoms with Gasteiger partial charge in [0.15, 0.2) is 0 Å². The Kier molecular flexibility index (Phi) is 5.29. The number of carbonyl (C=O) groups is 1. The molecule has 3 N–H and O–H groups in total. The maximum atomic E-state index is 12.0. The van der Waals surface area contributed by atoms with E-state index < -0.39 is 5.60 Å². The molecule has 0 spiro atoms. The summed E-state index contributed by atoms with van der Waals surface area (Å²) < 4.78 is 5.53. The molecule has 5 heteroatoms. The molecule has 1 aliphatic rings. The van der Waals surface area contributed by atoms with E-state index in [2.05, 4.69) is 24.5 Å². The monoisotopic (exact) mass is 306 g/mol. The van der Waals surface area contributed by atoms with Gasteiger partial charge in [0.2, 0.25) is 0 Å². The zero-order chi connectivity index (χ0) is 16.2. The summed E-state index contributed by atoms with van der Waals surface area (Å²) in [5, 5.41) is 15.9. The molecule has 0 saturated carbocycles. The number of urea groups is 1. The molecule has 0 radical (unpaired) electrons. The first-order valence-electron chi connectivity index (χ1n) is 7.86. The molecule has 5 nitrogen and oxygen atoms in total. The summed E-state index contributed by atoms with van der Waals surface area (Å²) in [5.74, 6) is 1.35. The second-order valence-corrected chi connectivity index (χ2v) is 6.66. The molecule has 0 fully saturated rings. The summed E-state index contributed by atoms with van der Waals surface area (Å²) in [7, 11) is 0. The number of para-hydroxylation sites is 1. The fraction of sp³-hybridized carbons (Fsp3) is 0.588. The fourth-order valence-electron chi connectivity index (χ4n) is 2.45. The second kappa shape index (κ2) is 7.01. The average molecular weight is 306 g/mol. The first-order valence-corrected chi connectivity index (χ1v) is 7.86. The molecule has 0 bridgehead atoms. The van der Waals surface area contributed by atoms with Gasteiger partial charge in [0.05, 0.1) is 11.6 Å². The normalized spacial score (nSPS) is 19.2. The number of carbonyl (C=O) groups excluding carboxylic acids is 1. The van der Waals surface area contributed by atoms with Crippen molar-refractivity contribution in [1.29, 1.82) is 0 Å². The van der Waals surface area contributed by atoms with Crippen molar-refractivity contribution in [3.05, 3.63) is 29.8 Å². The number of nitrogens with one attached hydrogen (secondary N) is 2. The lowest BCUT2D eigenvalue weighted by atomic mass is 9.95. The molecule has 22 heavy (non-hydrogen) atoms. The van der Waals surface area contributed by atoms with Crippen molar-refractivity contribution in [1.82, 2.24) is 10.6 Å². The summed E-state index contributed by atoms with van der Waals surface area (Å²) in [5.41, 5.74) is 0.107. The zero-order valence-corrected chi connectivity index (χ0v) is 13.6. The molecule has 1 heterocycles. The predicted molar refractivity (Wildman–Crippen MR) is 85.9 cm³/mol. The van der Waals surface area contributed by atoms with Crippen LogP contribution in [0.25, 0.3) is 0 Å². The molecule has 1 aliphatic heterocycles. The third-order valence-corrected chi connectivity index (χ3v) is 3.90. The maximum absolute atomic E-state index is 12.0. The van der Waals surface area contributed by atoms with Gasteiger partial charge in [0.1, 0.15) is 12.4 Å². The van der Waals surface area contributed by atoms with Crippen LogP contribution in [-0.4, -0.2) is 29.9 Å². The predicted octanol–water partition coefficient (Wildman–Crippen LogP) is 2.61. The topological polar surface area (TPSA) is 70.6 Å². The van der Waals surface area contributed by atoms with Crippen molar-refractivity contribution in [2.45, 2.75) is 45.3 Å². The number of benzene rings is 1. The van der Waals surface area contributed by atoms with Crippen LogP contribution in [0.3, 0.4) is 0 Å². The summed E-state index contributed by atoms with van der Waals surface area (Å²) in [4.78, 5) is 12.0. The lowest BCUT2D eigenvalue weighted by Crippen LogP contribution is -2.46. The van der Waals surface area contributed by atoms with Gasteiger partial charge >= 0.3 is 6.03 Å².